The third-order valence-electron chi connectivity index (χ3n) is 3.75. The minimum absolute atomic E-state index is 0.102. The molecule has 1 aliphatic heterocycles. The maximum atomic E-state index is 11.9. The van der Waals surface area contributed by atoms with Gasteiger partial charge in [-0.3, -0.25) is 4.79 Å². The van der Waals surface area contributed by atoms with Crippen LogP contribution in [0.1, 0.15) is 17.5 Å². The zero-order valence-electron chi connectivity index (χ0n) is 12.4. The van der Waals surface area contributed by atoms with Crippen molar-refractivity contribution in [3.8, 4) is 0 Å². The normalized spacial score (nSPS) is 19.8. The number of aryl methyl sites for hydroxylation is 2. The van der Waals surface area contributed by atoms with Crippen molar-refractivity contribution in [2.45, 2.75) is 25.9 Å². The maximum Gasteiger partial charge on any atom is 0.220 e. The zero-order valence-corrected chi connectivity index (χ0v) is 12.4. The van der Waals surface area contributed by atoms with Gasteiger partial charge in [0.1, 0.15) is 0 Å². The summed E-state index contributed by atoms with van der Waals surface area (Å²) in [4.78, 5) is 14.1. The van der Waals surface area contributed by atoms with Crippen molar-refractivity contribution in [1.29, 1.82) is 0 Å². The molecule has 0 bridgehead atoms. The Hall–Kier alpha value is -1.39. The van der Waals surface area contributed by atoms with Crippen LogP contribution >= 0.6 is 0 Å². The van der Waals surface area contributed by atoms with Crippen molar-refractivity contribution in [1.82, 2.24) is 10.2 Å². The van der Waals surface area contributed by atoms with Crippen molar-refractivity contribution in [2.24, 2.45) is 0 Å². The van der Waals surface area contributed by atoms with Crippen molar-refractivity contribution < 1.29 is 9.53 Å². The summed E-state index contributed by atoms with van der Waals surface area (Å²) < 4.78 is 5.62. The van der Waals surface area contributed by atoms with E-state index in [1.165, 1.54) is 11.1 Å². The van der Waals surface area contributed by atoms with Crippen LogP contribution in [0.5, 0.6) is 0 Å². The second-order valence-corrected chi connectivity index (χ2v) is 5.49. The fraction of sp³-hybridized carbons (Fsp3) is 0.562. The molecule has 1 aromatic rings. The third kappa shape index (κ3) is 4.62. The molecule has 0 spiro atoms. The van der Waals surface area contributed by atoms with E-state index in [2.05, 4.69) is 36.3 Å². The van der Waals surface area contributed by atoms with Crippen molar-refractivity contribution >= 4 is 5.91 Å². The molecule has 1 heterocycles. The SMILES string of the molecule is Cc1ccccc1CCC(=O)NCC1CN(C)CCO1. The lowest BCUT2D eigenvalue weighted by Gasteiger charge is -2.30. The molecule has 4 nitrogen and oxygen atoms in total. The first kappa shape index (κ1) is 15.0. The number of carbonyl (C=O) groups is 1. The van der Waals surface area contributed by atoms with Crippen LogP contribution < -0.4 is 5.32 Å². The van der Waals surface area contributed by atoms with E-state index in [0.717, 1.165) is 26.1 Å². The standard InChI is InChI=1S/C16H24N2O2/c1-13-5-3-4-6-14(13)7-8-16(19)17-11-15-12-18(2)9-10-20-15/h3-6,15H,7-12H2,1-2H3,(H,17,19). The quantitative estimate of drug-likeness (QED) is 0.883. The first-order valence-electron chi connectivity index (χ1n) is 7.26. The average molecular weight is 276 g/mol. The number of likely N-dealkylation sites (N-methyl/N-ethyl adjacent to an activating group) is 1. The molecule has 1 fully saturated rings. The lowest BCUT2D eigenvalue weighted by atomic mass is 10.0. The highest BCUT2D eigenvalue weighted by atomic mass is 16.5. The van der Waals surface area contributed by atoms with Gasteiger partial charge in [0.2, 0.25) is 5.91 Å². The Morgan fingerprint density at radius 3 is 3.00 bits per heavy atom. The highest BCUT2D eigenvalue weighted by Gasteiger charge is 2.18. The molecular weight excluding hydrogens is 252 g/mol. The number of nitrogens with zero attached hydrogens (tertiary/aromatic N) is 1. The van der Waals surface area contributed by atoms with E-state index >= 15 is 0 Å². The van der Waals surface area contributed by atoms with Gasteiger partial charge in [-0.1, -0.05) is 24.3 Å². The highest BCUT2D eigenvalue weighted by Crippen LogP contribution is 2.09. The number of hydrogen-bond donors (Lipinski definition) is 1. The van der Waals surface area contributed by atoms with E-state index in [1.807, 2.05) is 12.1 Å². The van der Waals surface area contributed by atoms with E-state index in [1.54, 1.807) is 0 Å². The van der Waals surface area contributed by atoms with Crippen LogP contribution in [-0.2, 0) is 16.0 Å². The number of ether oxygens (including phenoxy) is 1. The van der Waals surface area contributed by atoms with Gasteiger partial charge in [-0.15, -0.1) is 0 Å². The van der Waals surface area contributed by atoms with Gasteiger partial charge in [0, 0.05) is 26.1 Å². The minimum atomic E-state index is 0.102. The molecule has 0 saturated carbocycles. The van der Waals surface area contributed by atoms with Gasteiger partial charge < -0.3 is 15.0 Å². The molecule has 110 valence electrons. The number of nitrogens with one attached hydrogen (secondary N) is 1. The minimum Gasteiger partial charge on any atom is -0.374 e. The fourth-order valence-corrected chi connectivity index (χ4v) is 2.45. The van der Waals surface area contributed by atoms with Crippen LogP contribution in [0.3, 0.4) is 0 Å². The molecular formula is C16H24N2O2. The van der Waals surface area contributed by atoms with Crippen LogP contribution in [-0.4, -0.2) is 50.2 Å². The number of hydrogen-bond acceptors (Lipinski definition) is 3. The second kappa shape index (κ2) is 7.41. The number of carbonyl (C=O) groups excluding carboxylic acids is 1. The highest BCUT2D eigenvalue weighted by molar-refractivity contribution is 5.76. The molecule has 4 heteroatoms. The molecule has 1 aromatic carbocycles. The van der Waals surface area contributed by atoms with Gasteiger partial charge in [-0.2, -0.15) is 0 Å². The molecule has 2 rings (SSSR count). The summed E-state index contributed by atoms with van der Waals surface area (Å²) in [7, 11) is 2.08. The number of rotatable bonds is 5. The average Bonchev–Trinajstić information content (AvgIpc) is 2.44. The van der Waals surface area contributed by atoms with Gasteiger partial charge in [-0.25, -0.2) is 0 Å². The van der Waals surface area contributed by atoms with Gasteiger partial charge in [0.15, 0.2) is 0 Å². The van der Waals surface area contributed by atoms with Crippen LogP contribution in [0.15, 0.2) is 24.3 Å². The topological polar surface area (TPSA) is 41.6 Å². The predicted molar refractivity (Wildman–Crippen MR) is 79.7 cm³/mol. The lowest BCUT2D eigenvalue weighted by Crippen LogP contribution is -2.45. The summed E-state index contributed by atoms with van der Waals surface area (Å²) >= 11 is 0. The van der Waals surface area contributed by atoms with Crippen molar-refractivity contribution in [3.05, 3.63) is 35.4 Å². The summed E-state index contributed by atoms with van der Waals surface area (Å²) in [6.07, 6.45) is 1.45. The first-order valence-corrected chi connectivity index (χ1v) is 7.26. The van der Waals surface area contributed by atoms with E-state index in [9.17, 15) is 4.79 Å². The molecule has 0 aliphatic carbocycles. The Labute approximate surface area is 121 Å². The van der Waals surface area contributed by atoms with Crippen molar-refractivity contribution in [3.63, 3.8) is 0 Å². The Bertz CT molecular complexity index is 448. The smallest absolute Gasteiger partial charge is 0.220 e. The second-order valence-electron chi connectivity index (χ2n) is 5.49. The van der Waals surface area contributed by atoms with Gasteiger partial charge in [0.25, 0.3) is 0 Å². The molecule has 0 radical (unpaired) electrons. The molecule has 1 amide bonds. The van der Waals surface area contributed by atoms with Crippen LogP contribution in [0, 0.1) is 6.92 Å². The Balaban J connectivity index is 1.69. The van der Waals surface area contributed by atoms with E-state index in [4.69, 9.17) is 4.74 Å². The largest absolute Gasteiger partial charge is 0.374 e. The Morgan fingerprint density at radius 1 is 1.45 bits per heavy atom. The summed E-state index contributed by atoms with van der Waals surface area (Å²) in [5, 5.41) is 2.97. The van der Waals surface area contributed by atoms with Gasteiger partial charge >= 0.3 is 0 Å². The lowest BCUT2D eigenvalue weighted by molar-refractivity contribution is -0.122. The van der Waals surface area contributed by atoms with Crippen LogP contribution in [0.25, 0.3) is 0 Å². The first-order chi connectivity index (χ1) is 9.65. The summed E-state index contributed by atoms with van der Waals surface area (Å²) in [6.45, 7) is 5.30. The van der Waals surface area contributed by atoms with Crippen LogP contribution in [0.2, 0.25) is 0 Å². The third-order valence-corrected chi connectivity index (χ3v) is 3.75. The predicted octanol–water partition coefficient (Wildman–Crippen LogP) is 1.37. The van der Waals surface area contributed by atoms with E-state index in [-0.39, 0.29) is 12.0 Å². The Morgan fingerprint density at radius 2 is 2.25 bits per heavy atom. The van der Waals surface area contributed by atoms with Gasteiger partial charge in [0.05, 0.1) is 12.7 Å². The van der Waals surface area contributed by atoms with Crippen LogP contribution in [0.4, 0.5) is 0 Å². The monoisotopic (exact) mass is 276 g/mol. The molecule has 1 atom stereocenters. The summed E-state index contributed by atoms with van der Waals surface area (Å²) in [5.41, 5.74) is 2.49. The van der Waals surface area contributed by atoms with E-state index in [0.29, 0.717) is 13.0 Å². The molecule has 0 aromatic heterocycles. The number of morpholine rings is 1. The fourth-order valence-electron chi connectivity index (χ4n) is 2.45. The molecule has 1 unspecified atom stereocenters. The van der Waals surface area contributed by atoms with Crippen molar-refractivity contribution in [2.75, 3.05) is 33.3 Å². The Kier molecular flexibility index (Phi) is 5.56. The summed E-state index contributed by atoms with van der Waals surface area (Å²) in [5.74, 6) is 0.102. The van der Waals surface area contributed by atoms with E-state index < -0.39 is 0 Å². The molecule has 20 heavy (non-hydrogen) atoms. The number of benzene rings is 1. The molecule has 1 aliphatic rings. The maximum absolute atomic E-state index is 11.9. The number of amides is 1. The molecule has 1 N–H and O–H groups in total. The zero-order chi connectivity index (χ0) is 14.4. The van der Waals surface area contributed by atoms with Gasteiger partial charge in [-0.05, 0) is 31.5 Å². The molecule has 1 saturated heterocycles. The summed E-state index contributed by atoms with van der Waals surface area (Å²) in [6, 6.07) is 8.21.